The fourth-order valence-corrected chi connectivity index (χ4v) is 3.84. The maximum atomic E-state index is 5.72. The summed E-state index contributed by atoms with van der Waals surface area (Å²) in [6.07, 6.45) is 0. The number of anilines is 1. The molecule has 1 fully saturated rings. The minimum atomic E-state index is 0.713. The molecule has 0 spiro atoms. The first-order chi connectivity index (χ1) is 7.31. The molecule has 0 bridgehead atoms. The molecular weight excluding hydrogens is 270 g/mol. The molecule has 0 radical (unpaired) electrons. The van der Waals surface area contributed by atoms with Crippen LogP contribution in [0, 0.1) is 3.82 Å². The van der Waals surface area contributed by atoms with Gasteiger partial charge in [0, 0.05) is 49.1 Å². The minimum absolute atomic E-state index is 0.713. The summed E-state index contributed by atoms with van der Waals surface area (Å²) < 4.78 is 5.27. The summed E-state index contributed by atoms with van der Waals surface area (Å²) in [6, 6.07) is 0. The Morgan fingerprint density at radius 1 is 1.33 bits per heavy atom. The minimum Gasteiger partial charge on any atom is -0.351 e. The summed E-state index contributed by atoms with van der Waals surface area (Å²) in [6.45, 7) is 5.12. The number of alkyl halides is 1. The first-order valence-corrected chi connectivity index (χ1v) is 7.85. The van der Waals surface area contributed by atoms with Crippen molar-refractivity contribution < 1.29 is 0 Å². The Kier molecular flexibility index (Phi) is 4.33. The van der Waals surface area contributed by atoms with E-state index in [1.165, 1.54) is 10.5 Å². The molecule has 0 aliphatic carbocycles. The first kappa shape index (κ1) is 11.7. The second-order valence-electron chi connectivity index (χ2n) is 3.38. The van der Waals surface area contributed by atoms with Gasteiger partial charge in [-0.25, -0.2) is 0 Å². The maximum absolute atomic E-state index is 5.72. The molecule has 1 aromatic heterocycles. The number of piperazine rings is 1. The van der Waals surface area contributed by atoms with Crippen LogP contribution >= 0.6 is 44.7 Å². The molecular formula is C8H12ClN3S3. The monoisotopic (exact) mass is 281 g/mol. The fourth-order valence-electron chi connectivity index (χ4n) is 1.65. The van der Waals surface area contributed by atoms with Gasteiger partial charge in [0.15, 0.2) is 5.82 Å². The summed E-state index contributed by atoms with van der Waals surface area (Å²) in [5.41, 5.74) is 0. The number of hydrogen-bond acceptors (Lipinski definition) is 6. The van der Waals surface area contributed by atoms with Gasteiger partial charge >= 0.3 is 0 Å². The smallest absolute Gasteiger partial charge is 0.171 e. The molecule has 0 unspecified atom stereocenters. The zero-order valence-electron chi connectivity index (χ0n) is 8.19. The molecule has 0 saturated carbocycles. The molecule has 0 aromatic carbocycles. The summed E-state index contributed by atoms with van der Waals surface area (Å²) in [5, 5.41) is 0. The molecule has 1 aliphatic rings. The van der Waals surface area contributed by atoms with Crippen molar-refractivity contribution in [1.29, 1.82) is 0 Å². The highest BCUT2D eigenvalue weighted by Crippen LogP contribution is 2.22. The maximum Gasteiger partial charge on any atom is 0.171 e. The third-order valence-corrected chi connectivity index (χ3v) is 5.01. The van der Waals surface area contributed by atoms with Crippen molar-refractivity contribution in [2.75, 3.05) is 43.5 Å². The highest BCUT2D eigenvalue weighted by atomic mass is 35.5. The van der Waals surface area contributed by atoms with E-state index < -0.39 is 0 Å². The molecule has 84 valence electrons. The van der Waals surface area contributed by atoms with Gasteiger partial charge in [-0.3, -0.25) is 4.90 Å². The van der Waals surface area contributed by atoms with Crippen LogP contribution in [0.1, 0.15) is 0 Å². The van der Waals surface area contributed by atoms with E-state index in [4.69, 9.17) is 23.8 Å². The quantitative estimate of drug-likeness (QED) is 0.481. The van der Waals surface area contributed by atoms with Crippen LogP contribution in [0.2, 0.25) is 0 Å². The average molecular weight is 282 g/mol. The molecule has 0 atom stereocenters. The highest BCUT2D eigenvalue weighted by molar-refractivity contribution is 7.79. The van der Waals surface area contributed by atoms with Crippen molar-refractivity contribution in [3.63, 3.8) is 0 Å². The van der Waals surface area contributed by atoms with Crippen molar-refractivity contribution >= 4 is 50.5 Å². The lowest BCUT2D eigenvalue weighted by molar-refractivity contribution is 0.272. The molecule has 1 aromatic rings. The molecule has 1 aliphatic heterocycles. The third kappa shape index (κ3) is 2.88. The fraction of sp³-hybridized carbons (Fsp3) is 0.750. The first-order valence-electron chi connectivity index (χ1n) is 4.80. The van der Waals surface area contributed by atoms with Crippen molar-refractivity contribution in [1.82, 2.24) is 9.27 Å². The van der Waals surface area contributed by atoms with Crippen LogP contribution in [0.3, 0.4) is 0 Å². The number of halogens is 1. The van der Waals surface area contributed by atoms with E-state index in [-0.39, 0.29) is 0 Å². The molecule has 2 rings (SSSR count). The Morgan fingerprint density at radius 2 is 2.07 bits per heavy atom. The lowest BCUT2D eigenvalue weighted by atomic mass is 10.3. The predicted octanol–water partition coefficient (Wildman–Crippen LogP) is 2.29. The third-order valence-electron chi connectivity index (χ3n) is 2.49. The van der Waals surface area contributed by atoms with Crippen molar-refractivity contribution in [2.24, 2.45) is 0 Å². The second kappa shape index (κ2) is 5.54. The van der Waals surface area contributed by atoms with E-state index in [0.717, 1.165) is 42.4 Å². The van der Waals surface area contributed by atoms with Crippen molar-refractivity contribution in [3.8, 4) is 0 Å². The largest absolute Gasteiger partial charge is 0.351 e. The molecule has 3 nitrogen and oxygen atoms in total. The van der Waals surface area contributed by atoms with Crippen LogP contribution in [-0.2, 0) is 0 Å². The van der Waals surface area contributed by atoms with Crippen LogP contribution in [0.15, 0.2) is 0 Å². The molecule has 2 heterocycles. The van der Waals surface area contributed by atoms with Gasteiger partial charge in [0.25, 0.3) is 0 Å². The van der Waals surface area contributed by atoms with E-state index in [1.807, 2.05) is 0 Å². The van der Waals surface area contributed by atoms with E-state index in [2.05, 4.69) is 14.2 Å². The average Bonchev–Trinajstić information content (AvgIpc) is 2.66. The summed E-state index contributed by atoms with van der Waals surface area (Å²) in [4.78, 5) is 4.66. The molecule has 1 saturated heterocycles. The molecule has 0 N–H and O–H groups in total. The Balaban J connectivity index is 1.94. The second-order valence-corrected chi connectivity index (χ2v) is 6.28. The number of rotatable bonds is 3. The predicted molar refractivity (Wildman–Crippen MR) is 70.2 cm³/mol. The lowest BCUT2D eigenvalue weighted by Gasteiger charge is -2.34. The Hall–Kier alpha value is 0.250. The van der Waals surface area contributed by atoms with Gasteiger partial charge in [-0.2, -0.15) is 4.37 Å². The van der Waals surface area contributed by atoms with E-state index in [1.54, 1.807) is 10.3 Å². The Morgan fingerprint density at radius 3 is 2.60 bits per heavy atom. The Bertz CT molecular complexity index is 356. The van der Waals surface area contributed by atoms with E-state index >= 15 is 0 Å². The molecule has 15 heavy (non-hydrogen) atoms. The van der Waals surface area contributed by atoms with Crippen LogP contribution in [-0.4, -0.2) is 47.9 Å². The van der Waals surface area contributed by atoms with Gasteiger partial charge < -0.3 is 4.90 Å². The van der Waals surface area contributed by atoms with Crippen molar-refractivity contribution in [3.05, 3.63) is 3.82 Å². The topological polar surface area (TPSA) is 19.4 Å². The van der Waals surface area contributed by atoms with E-state index in [0.29, 0.717) is 5.88 Å². The molecule has 0 amide bonds. The number of nitrogens with zero attached hydrogens (tertiary/aromatic N) is 3. The van der Waals surface area contributed by atoms with Crippen LogP contribution in [0.5, 0.6) is 0 Å². The highest BCUT2D eigenvalue weighted by Gasteiger charge is 2.18. The number of aromatic nitrogens is 1. The van der Waals surface area contributed by atoms with Gasteiger partial charge in [0.1, 0.15) is 3.82 Å². The zero-order valence-corrected chi connectivity index (χ0v) is 11.4. The summed E-state index contributed by atoms with van der Waals surface area (Å²) >= 11 is 11.0. The number of hydrogen-bond donors (Lipinski definition) is 0. The van der Waals surface area contributed by atoms with Crippen molar-refractivity contribution in [2.45, 2.75) is 0 Å². The zero-order chi connectivity index (χ0) is 10.7. The summed E-state index contributed by atoms with van der Waals surface area (Å²) in [5.74, 6) is 1.72. The normalized spacial score (nSPS) is 18.3. The van der Waals surface area contributed by atoms with Gasteiger partial charge in [0.2, 0.25) is 0 Å². The van der Waals surface area contributed by atoms with Gasteiger partial charge in [-0.05, 0) is 10.3 Å². The van der Waals surface area contributed by atoms with Gasteiger partial charge in [-0.1, -0.05) is 12.2 Å². The standard InChI is InChI=1S/C8H12ClN3S3/c9-1-2-11-3-5-12(6-4-11)7-8(13)14-15-10-7/h1-6H2. The molecule has 7 heteroatoms. The van der Waals surface area contributed by atoms with Gasteiger partial charge in [-0.15, -0.1) is 11.6 Å². The summed E-state index contributed by atoms with van der Waals surface area (Å²) in [7, 11) is 3.06. The van der Waals surface area contributed by atoms with Crippen LogP contribution < -0.4 is 4.90 Å². The SMILES string of the molecule is S=c1ssnc1N1CCN(CCCl)CC1. The van der Waals surface area contributed by atoms with Crippen LogP contribution in [0.25, 0.3) is 0 Å². The lowest BCUT2D eigenvalue weighted by Crippen LogP contribution is -2.47. The Labute approximate surface area is 107 Å². The van der Waals surface area contributed by atoms with Crippen LogP contribution in [0.4, 0.5) is 5.82 Å². The van der Waals surface area contributed by atoms with E-state index in [9.17, 15) is 0 Å². The van der Waals surface area contributed by atoms with Gasteiger partial charge in [0.05, 0.1) is 0 Å².